The Bertz CT molecular complexity index is 411. The molecule has 1 aromatic carbocycles. The number of benzene rings is 1. The van der Waals surface area contributed by atoms with Gasteiger partial charge in [-0.25, -0.2) is 4.98 Å². The van der Waals surface area contributed by atoms with Gasteiger partial charge in [0.1, 0.15) is 6.26 Å². The van der Waals surface area contributed by atoms with Gasteiger partial charge in [0, 0.05) is 12.6 Å². The molecule has 3 heteroatoms. The lowest BCUT2D eigenvalue weighted by Crippen LogP contribution is -2.26. The topological polar surface area (TPSA) is 38.1 Å². The van der Waals surface area contributed by atoms with E-state index in [1.807, 2.05) is 0 Å². The molecule has 0 fully saturated rings. The molecule has 0 saturated heterocycles. The van der Waals surface area contributed by atoms with Gasteiger partial charge in [0.25, 0.3) is 0 Å². The van der Waals surface area contributed by atoms with Crippen molar-refractivity contribution in [2.24, 2.45) is 0 Å². The first-order chi connectivity index (χ1) is 8.34. The first kappa shape index (κ1) is 11.9. The lowest BCUT2D eigenvalue weighted by molar-refractivity contribution is 0.507. The summed E-state index contributed by atoms with van der Waals surface area (Å²) < 4.78 is 4.92. The Kier molecular flexibility index (Phi) is 4.33. The van der Waals surface area contributed by atoms with Crippen molar-refractivity contribution in [1.82, 2.24) is 10.3 Å². The maximum atomic E-state index is 4.92. The van der Waals surface area contributed by atoms with E-state index in [1.165, 1.54) is 12.0 Å². The van der Waals surface area contributed by atoms with Crippen molar-refractivity contribution in [1.29, 1.82) is 0 Å². The molecule has 1 heterocycles. The van der Waals surface area contributed by atoms with Crippen LogP contribution >= 0.6 is 0 Å². The van der Waals surface area contributed by atoms with E-state index in [0.717, 1.165) is 25.1 Å². The molecular formula is C14H18N2O. The summed E-state index contributed by atoms with van der Waals surface area (Å²) in [5, 5.41) is 3.43. The highest BCUT2D eigenvalue weighted by molar-refractivity contribution is 5.14. The van der Waals surface area contributed by atoms with Crippen molar-refractivity contribution in [3.63, 3.8) is 0 Å². The normalized spacial score (nSPS) is 12.5. The zero-order valence-corrected chi connectivity index (χ0v) is 10.1. The molecule has 0 radical (unpaired) electrons. The minimum absolute atomic E-state index is 0.479. The third kappa shape index (κ3) is 4.04. The fourth-order valence-electron chi connectivity index (χ4n) is 1.73. The summed E-state index contributed by atoms with van der Waals surface area (Å²) in [5.74, 6) is 0. The predicted molar refractivity (Wildman–Crippen MR) is 67.6 cm³/mol. The molecule has 1 N–H and O–H groups in total. The van der Waals surface area contributed by atoms with Crippen molar-refractivity contribution in [2.75, 3.05) is 0 Å². The molecule has 0 bridgehead atoms. The molecule has 0 amide bonds. The van der Waals surface area contributed by atoms with Crippen molar-refractivity contribution >= 4 is 0 Å². The molecule has 0 aliphatic carbocycles. The number of aryl methyl sites for hydroxylation is 1. The van der Waals surface area contributed by atoms with Crippen LogP contribution in [0.5, 0.6) is 0 Å². The van der Waals surface area contributed by atoms with Crippen LogP contribution in [0.1, 0.15) is 24.6 Å². The zero-order valence-electron chi connectivity index (χ0n) is 10.1. The molecular weight excluding hydrogens is 212 g/mol. The molecule has 1 aromatic heterocycles. The van der Waals surface area contributed by atoms with E-state index < -0.39 is 0 Å². The second kappa shape index (κ2) is 6.21. The summed E-state index contributed by atoms with van der Waals surface area (Å²) in [6.45, 7) is 2.97. The number of oxazole rings is 1. The predicted octanol–water partition coefficient (Wildman–Crippen LogP) is 2.79. The van der Waals surface area contributed by atoms with E-state index in [-0.39, 0.29) is 0 Å². The van der Waals surface area contributed by atoms with Crippen LogP contribution in [0.4, 0.5) is 0 Å². The van der Waals surface area contributed by atoms with Crippen LogP contribution in [-0.4, -0.2) is 11.0 Å². The van der Waals surface area contributed by atoms with Gasteiger partial charge in [-0.2, -0.15) is 0 Å². The van der Waals surface area contributed by atoms with Gasteiger partial charge in [-0.05, 0) is 25.3 Å². The molecule has 2 rings (SSSR count). The van der Waals surface area contributed by atoms with Crippen LogP contribution in [0.25, 0.3) is 0 Å². The van der Waals surface area contributed by atoms with Crippen LogP contribution in [0, 0.1) is 0 Å². The largest absolute Gasteiger partial charge is 0.451 e. The Morgan fingerprint density at radius 3 is 2.82 bits per heavy atom. The Morgan fingerprint density at radius 2 is 2.12 bits per heavy atom. The number of hydrogen-bond donors (Lipinski definition) is 1. The molecule has 0 saturated carbocycles. The van der Waals surface area contributed by atoms with Gasteiger partial charge < -0.3 is 9.73 Å². The van der Waals surface area contributed by atoms with Gasteiger partial charge in [0.15, 0.2) is 6.39 Å². The first-order valence-electron chi connectivity index (χ1n) is 5.99. The van der Waals surface area contributed by atoms with Gasteiger partial charge in [-0.3, -0.25) is 0 Å². The molecule has 0 aliphatic heterocycles. The minimum atomic E-state index is 0.479. The maximum absolute atomic E-state index is 4.92. The van der Waals surface area contributed by atoms with Crippen molar-refractivity contribution in [3.8, 4) is 0 Å². The highest BCUT2D eigenvalue weighted by atomic mass is 16.3. The van der Waals surface area contributed by atoms with E-state index in [1.54, 1.807) is 6.26 Å². The Hall–Kier alpha value is -1.61. The van der Waals surface area contributed by atoms with Crippen LogP contribution in [0.2, 0.25) is 0 Å². The Morgan fingerprint density at radius 1 is 1.29 bits per heavy atom. The average Bonchev–Trinajstić information content (AvgIpc) is 2.88. The first-order valence-corrected chi connectivity index (χ1v) is 5.99. The van der Waals surface area contributed by atoms with E-state index in [0.29, 0.717) is 6.04 Å². The average molecular weight is 230 g/mol. The maximum Gasteiger partial charge on any atom is 0.180 e. The van der Waals surface area contributed by atoms with Crippen molar-refractivity contribution < 1.29 is 4.42 Å². The second-order valence-electron chi connectivity index (χ2n) is 4.29. The molecule has 0 spiro atoms. The fourth-order valence-corrected chi connectivity index (χ4v) is 1.73. The van der Waals surface area contributed by atoms with Gasteiger partial charge >= 0.3 is 0 Å². The monoisotopic (exact) mass is 230 g/mol. The third-order valence-electron chi connectivity index (χ3n) is 2.82. The van der Waals surface area contributed by atoms with Crippen LogP contribution in [0.3, 0.4) is 0 Å². The molecule has 17 heavy (non-hydrogen) atoms. The number of aromatic nitrogens is 1. The fraction of sp³-hybridized carbons (Fsp3) is 0.357. The zero-order chi connectivity index (χ0) is 11.9. The quantitative estimate of drug-likeness (QED) is 0.829. The second-order valence-corrected chi connectivity index (χ2v) is 4.29. The summed E-state index contributed by atoms with van der Waals surface area (Å²) in [4.78, 5) is 4.08. The number of rotatable bonds is 6. The van der Waals surface area contributed by atoms with Gasteiger partial charge in [-0.15, -0.1) is 0 Å². The van der Waals surface area contributed by atoms with E-state index in [9.17, 15) is 0 Å². The Labute approximate surface area is 102 Å². The minimum Gasteiger partial charge on any atom is -0.451 e. The van der Waals surface area contributed by atoms with E-state index in [4.69, 9.17) is 4.42 Å². The lowest BCUT2D eigenvalue weighted by atomic mass is 10.1. The van der Waals surface area contributed by atoms with E-state index in [2.05, 4.69) is 47.6 Å². The van der Waals surface area contributed by atoms with Gasteiger partial charge in [0.05, 0.1) is 5.69 Å². The van der Waals surface area contributed by atoms with Crippen LogP contribution < -0.4 is 5.32 Å². The molecule has 0 aliphatic rings. The highest BCUT2D eigenvalue weighted by Gasteiger charge is 2.03. The molecule has 1 unspecified atom stereocenters. The molecule has 1 atom stereocenters. The van der Waals surface area contributed by atoms with Gasteiger partial charge in [0.2, 0.25) is 0 Å². The third-order valence-corrected chi connectivity index (χ3v) is 2.82. The van der Waals surface area contributed by atoms with Crippen LogP contribution in [-0.2, 0) is 13.0 Å². The SMILES string of the molecule is CC(CCc1ccccc1)NCc1cocn1. The Balaban J connectivity index is 1.69. The summed E-state index contributed by atoms with van der Waals surface area (Å²) in [6, 6.07) is 11.0. The number of hydrogen-bond acceptors (Lipinski definition) is 3. The van der Waals surface area contributed by atoms with E-state index >= 15 is 0 Å². The van der Waals surface area contributed by atoms with Crippen LogP contribution in [0.15, 0.2) is 47.4 Å². The molecule has 2 aromatic rings. The number of nitrogens with zero attached hydrogens (tertiary/aromatic N) is 1. The standard InChI is InChI=1S/C14H18N2O/c1-12(15-9-14-10-17-11-16-14)7-8-13-5-3-2-4-6-13/h2-6,10-12,15H,7-9H2,1H3. The number of nitrogens with one attached hydrogen (secondary N) is 1. The van der Waals surface area contributed by atoms with Gasteiger partial charge in [-0.1, -0.05) is 30.3 Å². The van der Waals surface area contributed by atoms with Crippen molar-refractivity contribution in [3.05, 3.63) is 54.2 Å². The summed E-state index contributed by atoms with van der Waals surface area (Å²) in [7, 11) is 0. The smallest absolute Gasteiger partial charge is 0.180 e. The summed E-state index contributed by atoms with van der Waals surface area (Å²) in [5.41, 5.74) is 2.35. The lowest BCUT2D eigenvalue weighted by Gasteiger charge is -2.12. The summed E-state index contributed by atoms with van der Waals surface area (Å²) in [6.07, 6.45) is 5.37. The summed E-state index contributed by atoms with van der Waals surface area (Å²) >= 11 is 0. The highest BCUT2D eigenvalue weighted by Crippen LogP contribution is 2.05. The van der Waals surface area contributed by atoms with Crippen molar-refractivity contribution in [2.45, 2.75) is 32.4 Å². The molecule has 90 valence electrons. The molecule has 3 nitrogen and oxygen atoms in total.